The number of fused-ring (bicyclic) bond motifs is 1. The van der Waals surface area contributed by atoms with E-state index in [4.69, 9.17) is 21.4 Å². The molecule has 34 heavy (non-hydrogen) atoms. The number of halogens is 3. The van der Waals surface area contributed by atoms with Crippen molar-refractivity contribution in [3.05, 3.63) is 65.3 Å². The van der Waals surface area contributed by atoms with Gasteiger partial charge in [0.05, 0.1) is 22.5 Å². The average molecular weight is 484 g/mol. The number of carbonyl (C=O) groups is 1. The third kappa shape index (κ3) is 4.46. The van der Waals surface area contributed by atoms with Crippen molar-refractivity contribution in [1.29, 1.82) is 0 Å². The highest BCUT2D eigenvalue weighted by Crippen LogP contribution is 2.32. The highest BCUT2D eigenvalue weighted by Gasteiger charge is 2.27. The van der Waals surface area contributed by atoms with Crippen LogP contribution < -0.4 is 4.74 Å². The van der Waals surface area contributed by atoms with Gasteiger partial charge in [-0.1, -0.05) is 11.6 Å². The number of aliphatic carboxylic acids is 1. The van der Waals surface area contributed by atoms with Crippen LogP contribution in [-0.2, 0) is 4.79 Å². The molecule has 1 saturated carbocycles. The predicted molar refractivity (Wildman–Crippen MR) is 124 cm³/mol. The van der Waals surface area contributed by atoms with Crippen molar-refractivity contribution < 1.29 is 23.4 Å². The van der Waals surface area contributed by atoms with Crippen molar-refractivity contribution in [2.75, 3.05) is 0 Å². The maximum absolute atomic E-state index is 15.0. The van der Waals surface area contributed by atoms with Crippen LogP contribution in [0.2, 0.25) is 5.02 Å². The standard InChI is InChI=1S/C25H20ClF2N3O3/c26-16-4-7-20-21(11-16)31-24(30-20)23-18(27)9-15(10-19(23)28)14-3-8-22(29-12-14)34-17-5-1-13(2-6-17)25(32)33/h3-4,7-13,17H,1-2,5-6H2,(H,30,31)(H,32,33). The smallest absolute Gasteiger partial charge is 0.306 e. The van der Waals surface area contributed by atoms with E-state index in [9.17, 15) is 13.6 Å². The van der Waals surface area contributed by atoms with Crippen LogP contribution in [0.3, 0.4) is 0 Å². The molecule has 0 bridgehead atoms. The van der Waals surface area contributed by atoms with E-state index in [0.29, 0.717) is 58.7 Å². The predicted octanol–water partition coefficient (Wildman–Crippen LogP) is 6.25. The van der Waals surface area contributed by atoms with E-state index < -0.39 is 17.6 Å². The van der Waals surface area contributed by atoms with E-state index in [1.54, 1.807) is 30.3 Å². The molecule has 1 aliphatic carbocycles. The Labute approximate surface area is 198 Å². The van der Waals surface area contributed by atoms with Crippen LogP contribution in [0.1, 0.15) is 25.7 Å². The molecule has 2 heterocycles. The lowest BCUT2D eigenvalue weighted by Gasteiger charge is -2.26. The molecule has 2 N–H and O–H groups in total. The number of aromatic amines is 1. The summed E-state index contributed by atoms with van der Waals surface area (Å²) in [5, 5.41) is 9.59. The second-order valence-corrected chi connectivity index (χ2v) is 8.81. The Morgan fingerprint density at radius 3 is 2.41 bits per heavy atom. The number of imidazole rings is 1. The molecule has 1 aliphatic rings. The molecule has 0 spiro atoms. The highest BCUT2D eigenvalue weighted by molar-refractivity contribution is 6.31. The quantitative estimate of drug-likeness (QED) is 0.350. The van der Waals surface area contributed by atoms with Crippen LogP contribution in [0.25, 0.3) is 33.5 Å². The molecular weight excluding hydrogens is 464 g/mol. The fourth-order valence-corrected chi connectivity index (χ4v) is 4.46. The first kappa shape index (κ1) is 22.3. The van der Waals surface area contributed by atoms with E-state index >= 15 is 0 Å². The number of ether oxygens (including phenoxy) is 1. The Morgan fingerprint density at radius 2 is 1.76 bits per heavy atom. The normalized spacial score (nSPS) is 18.2. The Hall–Kier alpha value is -3.52. The third-order valence-electron chi connectivity index (χ3n) is 6.10. The van der Waals surface area contributed by atoms with Gasteiger partial charge >= 0.3 is 5.97 Å². The van der Waals surface area contributed by atoms with E-state index in [0.717, 1.165) is 0 Å². The largest absolute Gasteiger partial charge is 0.481 e. The first-order chi connectivity index (χ1) is 16.4. The number of rotatable bonds is 5. The van der Waals surface area contributed by atoms with Crippen LogP contribution in [0, 0.1) is 17.6 Å². The Bertz CT molecular complexity index is 1340. The first-order valence-corrected chi connectivity index (χ1v) is 11.3. The van der Waals surface area contributed by atoms with Crippen molar-refractivity contribution in [2.45, 2.75) is 31.8 Å². The molecule has 0 radical (unpaired) electrons. The molecule has 0 saturated heterocycles. The Morgan fingerprint density at radius 1 is 1.03 bits per heavy atom. The van der Waals surface area contributed by atoms with Gasteiger partial charge in [0.25, 0.3) is 0 Å². The molecule has 9 heteroatoms. The molecule has 0 aliphatic heterocycles. The van der Waals surface area contributed by atoms with Gasteiger partial charge in [-0.2, -0.15) is 0 Å². The number of pyridine rings is 1. The van der Waals surface area contributed by atoms with Crippen LogP contribution in [0.15, 0.2) is 48.7 Å². The van der Waals surface area contributed by atoms with Gasteiger partial charge in [0.15, 0.2) is 0 Å². The summed E-state index contributed by atoms with van der Waals surface area (Å²) in [5.41, 5.74) is 1.75. The van der Waals surface area contributed by atoms with E-state index in [1.165, 1.54) is 18.3 Å². The van der Waals surface area contributed by atoms with Gasteiger partial charge in [-0.25, -0.2) is 18.7 Å². The summed E-state index contributed by atoms with van der Waals surface area (Å²) in [6, 6.07) is 10.8. The van der Waals surface area contributed by atoms with Crippen molar-refractivity contribution >= 4 is 28.6 Å². The highest BCUT2D eigenvalue weighted by atomic mass is 35.5. The van der Waals surface area contributed by atoms with Gasteiger partial charge in [-0.15, -0.1) is 0 Å². The number of hydrogen-bond donors (Lipinski definition) is 2. The number of nitrogens with one attached hydrogen (secondary N) is 1. The summed E-state index contributed by atoms with van der Waals surface area (Å²) >= 11 is 5.98. The molecule has 174 valence electrons. The van der Waals surface area contributed by atoms with Gasteiger partial charge in [0, 0.05) is 22.8 Å². The summed E-state index contributed by atoms with van der Waals surface area (Å²) in [6.07, 6.45) is 3.83. The topological polar surface area (TPSA) is 88.1 Å². The van der Waals surface area contributed by atoms with Crippen molar-refractivity contribution in [3.63, 3.8) is 0 Å². The number of carboxylic acid groups (broad SMARTS) is 1. The lowest BCUT2D eigenvalue weighted by Crippen LogP contribution is -2.28. The maximum atomic E-state index is 15.0. The molecular formula is C25H20ClF2N3O3. The van der Waals surface area contributed by atoms with E-state index in [2.05, 4.69) is 15.0 Å². The van der Waals surface area contributed by atoms with Crippen molar-refractivity contribution in [1.82, 2.24) is 15.0 Å². The van der Waals surface area contributed by atoms with Gasteiger partial charge in [0.1, 0.15) is 23.6 Å². The summed E-state index contributed by atoms with van der Waals surface area (Å²) in [5.74, 6) is -2.12. The molecule has 0 unspecified atom stereocenters. The Kier molecular flexibility index (Phi) is 5.91. The Balaban J connectivity index is 1.33. The molecule has 2 aromatic carbocycles. The monoisotopic (exact) mass is 483 g/mol. The maximum Gasteiger partial charge on any atom is 0.306 e. The SMILES string of the molecule is O=C(O)C1CCC(Oc2ccc(-c3cc(F)c(-c4nc5ccc(Cl)cc5[nH]4)c(F)c3)cn2)CC1. The molecule has 0 amide bonds. The van der Waals surface area contributed by atoms with Crippen molar-refractivity contribution in [3.8, 4) is 28.4 Å². The van der Waals surface area contributed by atoms with E-state index in [-0.39, 0.29) is 23.4 Å². The number of benzene rings is 2. The second kappa shape index (κ2) is 9.02. The number of aromatic nitrogens is 3. The summed E-state index contributed by atoms with van der Waals surface area (Å²) in [4.78, 5) is 22.5. The zero-order chi connectivity index (χ0) is 23.8. The van der Waals surface area contributed by atoms with Crippen LogP contribution in [0.5, 0.6) is 5.88 Å². The molecule has 1 fully saturated rings. The minimum Gasteiger partial charge on any atom is -0.481 e. The summed E-state index contributed by atoms with van der Waals surface area (Å²) in [7, 11) is 0. The third-order valence-corrected chi connectivity index (χ3v) is 6.34. The summed E-state index contributed by atoms with van der Waals surface area (Å²) in [6.45, 7) is 0. The molecule has 2 aromatic heterocycles. The zero-order valence-corrected chi connectivity index (χ0v) is 18.6. The minimum absolute atomic E-state index is 0.0818. The fourth-order valence-electron chi connectivity index (χ4n) is 4.29. The minimum atomic E-state index is -0.767. The molecule has 0 atom stereocenters. The lowest BCUT2D eigenvalue weighted by atomic mass is 9.87. The summed E-state index contributed by atoms with van der Waals surface area (Å²) < 4.78 is 35.8. The number of carboxylic acids is 1. The first-order valence-electron chi connectivity index (χ1n) is 10.9. The number of hydrogen-bond acceptors (Lipinski definition) is 4. The number of H-pyrrole nitrogens is 1. The van der Waals surface area contributed by atoms with Gasteiger partial charge < -0.3 is 14.8 Å². The van der Waals surface area contributed by atoms with Gasteiger partial charge in [-0.05, 0) is 67.6 Å². The molecule has 5 rings (SSSR count). The molecule has 6 nitrogen and oxygen atoms in total. The van der Waals surface area contributed by atoms with Gasteiger partial charge in [0.2, 0.25) is 5.88 Å². The fraction of sp³-hybridized carbons (Fsp3) is 0.240. The zero-order valence-electron chi connectivity index (χ0n) is 17.9. The van der Waals surface area contributed by atoms with Crippen LogP contribution >= 0.6 is 11.6 Å². The van der Waals surface area contributed by atoms with Gasteiger partial charge in [-0.3, -0.25) is 4.79 Å². The van der Waals surface area contributed by atoms with Crippen molar-refractivity contribution in [2.24, 2.45) is 5.92 Å². The molecule has 4 aromatic rings. The van der Waals surface area contributed by atoms with E-state index in [1.807, 2.05) is 0 Å². The number of nitrogens with zero attached hydrogens (tertiary/aromatic N) is 2. The lowest BCUT2D eigenvalue weighted by molar-refractivity contribution is -0.143. The van der Waals surface area contributed by atoms with Crippen LogP contribution in [0.4, 0.5) is 8.78 Å². The second-order valence-electron chi connectivity index (χ2n) is 8.38. The average Bonchev–Trinajstić information content (AvgIpc) is 3.22. The van der Waals surface area contributed by atoms with Crippen LogP contribution in [-0.4, -0.2) is 32.1 Å².